The van der Waals surface area contributed by atoms with Gasteiger partial charge in [0.2, 0.25) is 5.91 Å². The quantitative estimate of drug-likeness (QED) is 0.212. The first-order valence-corrected chi connectivity index (χ1v) is 19.7. The van der Waals surface area contributed by atoms with Gasteiger partial charge in [0.25, 0.3) is 0 Å². The minimum atomic E-state index is -0.553. The second-order valence-electron chi connectivity index (χ2n) is 16.3. The van der Waals surface area contributed by atoms with Crippen LogP contribution in [0.5, 0.6) is 5.75 Å². The Morgan fingerprint density at radius 2 is 1.64 bits per heavy atom. The number of fused-ring (bicyclic) bond motifs is 1. The molecule has 0 spiro atoms. The third kappa shape index (κ3) is 9.00. The average molecular weight is 726 g/mol. The molecule has 2 aromatic carbocycles. The summed E-state index contributed by atoms with van der Waals surface area (Å²) in [5.41, 5.74) is 3.14. The van der Waals surface area contributed by atoms with Crippen LogP contribution in [0.1, 0.15) is 84.6 Å². The zero-order valence-corrected chi connectivity index (χ0v) is 32.6. The number of carbonyl (C=O) groups is 3. The minimum Gasteiger partial charge on any atom is -0.496 e. The summed E-state index contributed by atoms with van der Waals surface area (Å²) in [7, 11) is 3.34. The maximum atomic E-state index is 14.1. The summed E-state index contributed by atoms with van der Waals surface area (Å²) in [5.74, 6) is 0.522. The Morgan fingerprint density at radius 3 is 2.30 bits per heavy atom. The lowest BCUT2D eigenvalue weighted by molar-refractivity contribution is -0.145. The number of aromatic nitrogens is 2. The fraction of sp³-hybridized carbons (Fsp3) is 0.595. The molecule has 3 aliphatic rings. The number of piperidine rings is 2. The van der Waals surface area contributed by atoms with E-state index in [9.17, 15) is 14.4 Å². The molecule has 4 heterocycles. The number of ketones is 2. The van der Waals surface area contributed by atoms with Crippen LogP contribution in [0.25, 0.3) is 10.9 Å². The van der Waals surface area contributed by atoms with Crippen molar-refractivity contribution >= 4 is 45.6 Å². The molecule has 0 aliphatic carbocycles. The third-order valence-electron chi connectivity index (χ3n) is 11.8. The molecule has 0 radical (unpaired) electrons. The Kier molecular flexibility index (Phi) is 12.3. The van der Waals surface area contributed by atoms with E-state index in [1.807, 2.05) is 39.8 Å². The molecule has 11 heteroatoms. The lowest BCUT2D eigenvalue weighted by atomic mass is 9.76. The van der Waals surface area contributed by atoms with Crippen molar-refractivity contribution in [1.29, 1.82) is 0 Å². The highest BCUT2D eigenvalue weighted by Crippen LogP contribution is 2.36. The van der Waals surface area contributed by atoms with Gasteiger partial charge in [0, 0.05) is 72.8 Å². The number of ether oxygens (including phenoxy) is 1. The molecule has 3 saturated heterocycles. The zero-order valence-electron chi connectivity index (χ0n) is 32.6. The van der Waals surface area contributed by atoms with Crippen LogP contribution in [-0.4, -0.2) is 102 Å². The van der Waals surface area contributed by atoms with Gasteiger partial charge in [-0.1, -0.05) is 27.2 Å². The first-order chi connectivity index (χ1) is 25.5. The van der Waals surface area contributed by atoms with Crippen molar-refractivity contribution in [2.75, 3.05) is 57.1 Å². The van der Waals surface area contributed by atoms with Gasteiger partial charge in [0.05, 0.1) is 24.7 Å². The number of methoxy groups -OCH3 is 1. The van der Waals surface area contributed by atoms with E-state index in [1.54, 1.807) is 19.1 Å². The van der Waals surface area contributed by atoms with Gasteiger partial charge < -0.3 is 30.1 Å². The number of amides is 1. The van der Waals surface area contributed by atoms with Gasteiger partial charge in [0.15, 0.2) is 5.78 Å². The molecular weight excluding hydrogens is 667 g/mol. The Hall–Kier alpha value is -4.09. The van der Waals surface area contributed by atoms with Crippen molar-refractivity contribution in [3.05, 3.63) is 48.3 Å². The number of hydrogen-bond donors (Lipinski definition) is 2. The number of Topliss-reactive ketones (excluding diaryl/α,β-unsaturated/α-hetero) is 2. The van der Waals surface area contributed by atoms with E-state index in [-0.39, 0.29) is 36.4 Å². The number of carbonyl (C=O) groups excluding carboxylic acids is 3. The van der Waals surface area contributed by atoms with E-state index >= 15 is 0 Å². The predicted octanol–water partition coefficient (Wildman–Crippen LogP) is 6.17. The third-order valence-corrected chi connectivity index (χ3v) is 11.8. The largest absolute Gasteiger partial charge is 0.496 e. The number of likely N-dealkylation sites (N-methyl/N-ethyl adjacent to an activating group) is 1. The maximum absolute atomic E-state index is 14.1. The summed E-state index contributed by atoms with van der Waals surface area (Å²) in [4.78, 5) is 57.1. The highest BCUT2D eigenvalue weighted by Gasteiger charge is 2.42. The van der Waals surface area contributed by atoms with E-state index < -0.39 is 17.4 Å². The van der Waals surface area contributed by atoms with Gasteiger partial charge in [-0.25, -0.2) is 9.97 Å². The summed E-state index contributed by atoms with van der Waals surface area (Å²) in [6, 6.07) is 12.1. The smallest absolute Gasteiger partial charge is 0.227 e. The lowest BCUT2D eigenvalue weighted by Crippen LogP contribution is -2.48. The van der Waals surface area contributed by atoms with Crippen molar-refractivity contribution in [2.45, 2.75) is 104 Å². The molecule has 3 aliphatic heterocycles. The van der Waals surface area contributed by atoms with Crippen LogP contribution in [0.2, 0.25) is 0 Å². The zero-order chi connectivity index (χ0) is 37.7. The molecule has 2 N–H and O–H groups in total. The summed E-state index contributed by atoms with van der Waals surface area (Å²) in [6.45, 7) is 12.9. The predicted molar refractivity (Wildman–Crippen MR) is 211 cm³/mol. The standard InChI is InChI=1S/C42H59N7O4/c1-28(43-5)37(50)25-34(42(2,3)4)41(52)49-20-10-11-36(49)38(51)24-29-23-33-35(26-39(29)53-6)44-27-45-40(33)46-30-12-14-31(15-13-30)48-21-16-32(17-22-48)47-18-8-7-9-19-47/h12-15,23,26-28,32,34,36,43H,7-11,16-22,24-25H2,1-6H3,(H,44,45,46)/t28-,34+,36-/m0/s1. The minimum absolute atomic E-state index is 0.00502. The molecule has 286 valence electrons. The van der Waals surface area contributed by atoms with Gasteiger partial charge >= 0.3 is 0 Å². The van der Waals surface area contributed by atoms with Crippen LogP contribution >= 0.6 is 0 Å². The fourth-order valence-corrected chi connectivity index (χ4v) is 8.40. The number of benzene rings is 2. The van der Waals surface area contributed by atoms with E-state index in [2.05, 4.69) is 54.7 Å². The van der Waals surface area contributed by atoms with E-state index in [4.69, 9.17) is 4.74 Å². The maximum Gasteiger partial charge on any atom is 0.227 e. The highest BCUT2D eigenvalue weighted by atomic mass is 16.5. The van der Waals surface area contributed by atoms with Crippen molar-refractivity contribution in [2.24, 2.45) is 11.3 Å². The molecule has 1 amide bonds. The summed E-state index contributed by atoms with van der Waals surface area (Å²) in [5, 5.41) is 7.26. The summed E-state index contributed by atoms with van der Waals surface area (Å²) >= 11 is 0. The van der Waals surface area contributed by atoms with E-state index in [1.165, 1.54) is 57.2 Å². The highest BCUT2D eigenvalue weighted by molar-refractivity contribution is 5.96. The number of nitrogens with zero attached hydrogens (tertiary/aromatic N) is 5. The number of nitrogens with one attached hydrogen (secondary N) is 2. The van der Waals surface area contributed by atoms with Crippen molar-refractivity contribution in [3.63, 3.8) is 0 Å². The summed E-state index contributed by atoms with van der Waals surface area (Å²) in [6.07, 6.45) is 9.58. The molecule has 1 aromatic heterocycles. The van der Waals surface area contributed by atoms with Crippen LogP contribution in [0.3, 0.4) is 0 Å². The molecule has 6 rings (SSSR count). The Bertz CT molecular complexity index is 1740. The molecule has 0 bridgehead atoms. The molecule has 0 unspecified atom stereocenters. The second kappa shape index (κ2) is 16.9. The number of likely N-dealkylation sites (tertiary alicyclic amines) is 2. The molecular formula is C42H59N7O4. The van der Waals surface area contributed by atoms with E-state index in [0.29, 0.717) is 36.1 Å². The molecule has 11 nitrogen and oxygen atoms in total. The first-order valence-electron chi connectivity index (χ1n) is 19.7. The normalized spacial score (nSPS) is 20.0. The topological polar surface area (TPSA) is 120 Å². The Balaban J connectivity index is 1.15. The molecule has 3 atom stereocenters. The van der Waals surface area contributed by atoms with Gasteiger partial charge in [-0.05, 0) is 101 Å². The van der Waals surface area contributed by atoms with Gasteiger partial charge in [-0.3, -0.25) is 14.4 Å². The molecule has 0 saturated carbocycles. The van der Waals surface area contributed by atoms with Gasteiger partial charge in [-0.15, -0.1) is 0 Å². The van der Waals surface area contributed by atoms with Crippen LogP contribution in [0.4, 0.5) is 17.2 Å². The van der Waals surface area contributed by atoms with Crippen LogP contribution in [-0.2, 0) is 20.8 Å². The Labute approximate surface area is 315 Å². The first kappa shape index (κ1) is 38.6. The SMILES string of the molecule is CN[C@@H](C)C(=O)C[C@H](C(=O)N1CCC[C@H]1C(=O)Cc1cc2c(Nc3ccc(N4CCC(N5CCCCC5)CC4)cc3)ncnc2cc1OC)C(C)(C)C. The van der Waals surface area contributed by atoms with Crippen LogP contribution < -0.4 is 20.3 Å². The second-order valence-corrected chi connectivity index (χ2v) is 16.3. The molecule has 53 heavy (non-hydrogen) atoms. The van der Waals surface area contributed by atoms with Crippen LogP contribution in [0, 0.1) is 11.3 Å². The van der Waals surface area contributed by atoms with Crippen LogP contribution in [0.15, 0.2) is 42.7 Å². The van der Waals surface area contributed by atoms with Gasteiger partial charge in [-0.2, -0.15) is 0 Å². The number of hydrogen-bond acceptors (Lipinski definition) is 10. The molecule has 3 aromatic rings. The van der Waals surface area contributed by atoms with Crippen molar-refractivity contribution < 1.29 is 19.1 Å². The summed E-state index contributed by atoms with van der Waals surface area (Å²) < 4.78 is 5.76. The number of rotatable bonds is 13. The fourth-order valence-electron chi connectivity index (χ4n) is 8.40. The number of anilines is 3. The van der Waals surface area contributed by atoms with Crippen molar-refractivity contribution in [1.82, 2.24) is 25.1 Å². The van der Waals surface area contributed by atoms with Gasteiger partial charge in [0.1, 0.15) is 23.7 Å². The average Bonchev–Trinajstić information content (AvgIpc) is 3.67. The van der Waals surface area contributed by atoms with Crippen molar-refractivity contribution in [3.8, 4) is 5.75 Å². The lowest BCUT2D eigenvalue weighted by Gasteiger charge is -2.41. The molecule has 3 fully saturated rings. The monoisotopic (exact) mass is 725 g/mol. The van der Waals surface area contributed by atoms with E-state index in [0.717, 1.165) is 36.1 Å². The Morgan fingerprint density at radius 1 is 0.925 bits per heavy atom.